The third-order valence-electron chi connectivity index (χ3n) is 3.83. The van der Waals surface area contributed by atoms with E-state index >= 15 is 0 Å². The lowest BCUT2D eigenvalue weighted by Crippen LogP contribution is -2.45. The van der Waals surface area contributed by atoms with Crippen LogP contribution in [0.3, 0.4) is 0 Å². The van der Waals surface area contributed by atoms with E-state index in [-0.39, 0.29) is 23.7 Å². The number of ether oxygens (including phenoxy) is 1. The highest BCUT2D eigenvalue weighted by atomic mass is 19.1. The average molecular weight is 342 g/mol. The highest BCUT2D eigenvalue weighted by molar-refractivity contribution is 5.97. The van der Waals surface area contributed by atoms with Gasteiger partial charge >= 0.3 is 0 Å². The predicted molar refractivity (Wildman–Crippen MR) is 91.0 cm³/mol. The van der Waals surface area contributed by atoms with Gasteiger partial charge in [-0.2, -0.15) is 0 Å². The third-order valence-corrected chi connectivity index (χ3v) is 3.83. The van der Waals surface area contributed by atoms with Crippen molar-refractivity contribution in [3.8, 4) is 11.5 Å². The number of carbonyl (C=O) groups is 2. The van der Waals surface area contributed by atoms with Gasteiger partial charge in [-0.3, -0.25) is 9.59 Å². The molecular formula is C19H19FN2O3. The number of rotatable bonds is 6. The maximum Gasteiger partial charge on any atom is 0.251 e. The molecule has 1 aliphatic carbocycles. The molecule has 0 aliphatic heterocycles. The number of benzene rings is 2. The molecule has 6 heteroatoms. The van der Waals surface area contributed by atoms with Crippen LogP contribution in [0.1, 0.15) is 30.1 Å². The molecule has 2 N–H and O–H groups in total. The van der Waals surface area contributed by atoms with Gasteiger partial charge in [-0.15, -0.1) is 0 Å². The molecule has 2 aromatic carbocycles. The van der Waals surface area contributed by atoms with E-state index in [0.29, 0.717) is 17.1 Å². The van der Waals surface area contributed by atoms with Crippen LogP contribution in [0.2, 0.25) is 0 Å². The van der Waals surface area contributed by atoms with E-state index in [1.54, 1.807) is 31.2 Å². The lowest BCUT2D eigenvalue weighted by molar-refractivity contribution is -0.122. The zero-order valence-electron chi connectivity index (χ0n) is 13.8. The number of hydrogen-bond acceptors (Lipinski definition) is 3. The lowest BCUT2D eigenvalue weighted by atomic mass is 10.2. The minimum absolute atomic E-state index is 0.174. The first kappa shape index (κ1) is 17.0. The van der Waals surface area contributed by atoms with E-state index in [2.05, 4.69) is 10.6 Å². The monoisotopic (exact) mass is 342 g/mol. The Labute approximate surface area is 145 Å². The molecular weight excluding hydrogens is 323 g/mol. The van der Waals surface area contributed by atoms with Crippen molar-refractivity contribution in [1.29, 1.82) is 0 Å². The molecule has 2 aromatic rings. The van der Waals surface area contributed by atoms with Gasteiger partial charge in [0.2, 0.25) is 5.91 Å². The summed E-state index contributed by atoms with van der Waals surface area (Å²) in [6.45, 7) is 1.65. The van der Waals surface area contributed by atoms with Crippen LogP contribution in [0.25, 0.3) is 0 Å². The fraction of sp³-hybridized carbons (Fsp3) is 0.263. The summed E-state index contributed by atoms with van der Waals surface area (Å²) in [5, 5.41) is 5.52. The minimum atomic E-state index is -0.594. The first-order valence-corrected chi connectivity index (χ1v) is 8.16. The topological polar surface area (TPSA) is 67.4 Å². The summed E-state index contributed by atoms with van der Waals surface area (Å²) in [6.07, 6.45) is 2.00. The number of nitrogens with one attached hydrogen (secondary N) is 2. The number of carbonyl (C=O) groups excluding carboxylic acids is 2. The van der Waals surface area contributed by atoms with Crippen molar-refractivity contribution in [2.24, 2.45) is 0 Å². The standard InChI is InChI=1S/C19H19FN2O3/c1-12(18(23)22-15-6-7-15)21-19(24)13-2-8-16(9-3-13)25-17-10-4-14(20)5-11-17/h2-5,8-12,15H,6-7H2,1H3,(H,21,24)(H,22,23). The van der Waals surface area contributed by atoms with E-state index < -0.39 is 6.04 Å². The van der Waals surface area contributed by atoms with Crippen LogP contribution >= 0.6 is 0 Å². The Balaban J connectivity index is 1.56. The zero-order valence-corrected chi connectivity index (χ0v) is 13.8. The Morgan fingerprint density at radius 1 is 1.04 bits per heavy atom. The van der Waals surface area contributed by atoms with Crippen LogP contribution in [0.15, 0.2) is 48.5 Å². The van der Waals surface area contributed by atoms with E-state index in [1.807, 2.05) is 0 Å². The average Bonchev–Trinajstić information content (AvgIpc) is 3.41. The minimum Gasteiger partial charge on any atom is -0.457 e. The highest BCUT2D eigenvalue weighted by Gasteiger charge is 2.26. The van der Waals surface area contributed by atoms with E-state index in [1.165, 1.54) is 24.3 Å². The molecule has 1 unspecified atom stereocenters. The molecule has 2 amide bonds. The van der Waals surface area contributed by atoms with Gasteiger partial charge in [-0.25, -0.2) is 4.39 Å². The number of hydrogen-bond donors (Lipinski definition) is 2. The second kappa shape index (κ2) is 7.34. The molecule has 0 heterocycles. The summed E-state index contributed by atoms with van der Waals surface area (Å²) in [6, 6.07) is 11.8. The van der Waals surface area contributed by atoms with Crippen molar-refractivity contribution < 1.29 is 18.7 Å². The molecule has 0 aromatic heterocycles. The molecule has 1 aliphatic rings. The quantitative estimate of drug-likeness (QED) is 0.848. The van der Waals surface area contributed by atoms with Gasteiger partial charge in [0.25, 0.3) is 5.91 Å². The molecule has 0 spiro atoms. The predicted octanol–water partition coefficient (Wildman–Crippen LogP) is 3.01. The van der Waals surface area contributed by atoms with Crippen LogP contribution in [-0.2, 0) is 4.79 Å². The van der Waals surface area contributed by atoms with E-state index in [4.69, 9.17) is 4.74 Å². The smallest absolute Gasteiger partial charge is 0.251 e. The lowest BCUT2D eigenvalue weighted by Gasteiger charge is -2.14. The highest BCUT2D eigenvalue weighted by Crippen LogP contribution is 2.22. The molecule has 5 nitrogen and oxygen atoms in total. The SMILES string of the molecule is CC(NC(=O)c1ccc(Oc2ccc(F)cc2)cc1)C(=O)NC1CC1. The van der Waals surface area contributed by atoms with Crippen molar-refractivity contribution in [3.63, 3.8) is 0 Å². The molecule has 25 heavy (non-hydrogen) atoms. The van der Waals surface area contributed by atoms with Crippen LogP contribution in [0, 0.1) is 5.82 Å². The van der Waals surface area contributed by atoms with Gasteiger partial charge in [0.05, 0.1) is 0 Å². The van der Waals surface area contributed by atoms with Gasteiger partial charge < -0.3 is 15.4 Å². The van der Waals surface area contributed by atoms with Gasteiger partial charge in [0.15, 0.2) is 0 Å². The first-order valence-electron chi connectivity index (χ1n) is 8.16. The van der Waals surface area contributed by atoms with Crippen molar-refractivity contribution >= 4 is 11.8 Å². The molecule has 3 rings (SSSR count). The molecule has 1 saturated carbocycles. The summed E-state index contributed by atoms with van der Waals surface area (Å²) in [5.41, 5.74) is 0.428. The van der Waals surface area contributed by atoms with Crippen LogP contribution < -0.4 is 15.4 Å². The summed E-state index contributed by atoms with van der Waals surface area (Å²) >= 11 is 0. The zero-order chi connectivity index (χ0) is 17.8. The van der Waals surface area contributed by atoms with Gasteiger partial charge in [0.1, 0.15) is 23.4 Å². The van der Waals surface area contributed by atoms with Gasteiger partial charge in [0, 0.05) is 11.6 Å². The molecule has 0 radical (unpaired) electrons. The fourth-order valence-electron chi connectivity index (χ4n) is 2.21. The Hall–Kier alpha value is -2.89. The number of halogens is 1. The van der Waals surface area contributed by atoms with Crippen LogP contribution in [-0.4, -0.2) is 23.9 Å². The normalized spacial score (nSPS) is 14.5. The van der Waals surface area contributed by atoms with Gasteiger partial charge in [-0.05, 0) is 68.3 Å². The second-order valence-corrected chi connectivity index (χ2v) is 6.06. The van der Waals surface area contributed by atoms with Gasteiger partial charge in [-0.1, -0.05) is 0 Å². The van der Waals surface area contributed by atoms with Crippen LogP contribution in [0.4, 0.5) is 4.39 Å². The molecule has 130 valence electrons. The largest absolute Gasteiger partial charge is 0.457 e. The number of amides is 2. The van der Waals surface area contributed by atoms with Crippen molar-refractivity contribution in [3.05, 3.63) is 59.9 Å². The van der Waals surface area contributed by atoms with Crippen molar-refractivity contribution in [2.45, 2.75) is 31.8 Å². The summed E-state index contributed by atoms with van der Waals surface area (Å²) < 4.78 is 18.4. The maximum absolute atomic E-state index is 12.9. The van der Waals surface area contributed by atoms with Crippen LogP contribution in [0.5, 0.6) is 11.5 Å². The summed E-state index contributed by atoms with van der Waals surface area (Å²) in [5.74, 6) is 0.199. The fourth-order valence-corrected chi connectivity index (χ4v) is 2.21. The Bertz CT molecular complexity index is 755. The van der Waals surface area contributed by atoms with Crippen molar-refractivity contribution in [1.82, 2.24) is 10.6 Å². The third kappa shape index (κ3) is 4.79. The summed E-state index contributed by atoms with van der Waals surface area (Å²) in [4.78, 5) is 24.1. The molecule has 0 saturated heterocycles. The van der Waals surface area contributed by atoms with E-state index in [9.17, 15) is 14.0 Å². The molecule has 1 atom stereocenters. The Morgan fingerprint density at radius 3 is 2.16 bits per heavy atom. The first-order chi connectivity index (χ1) is 12.0. The second-order valence-electron chi connectivity index (χ2n) is 6.06. The van der Waals surface area contributed by atoms with E-state index in [0.717, 1.165) is 12.8 Å². The summed E-state index contributed by atoms with van der Waals surface area (Å²) in [7, 11) is 0. The molecule has 1 fully saturated rings. The Morgan fingerprint density at radius 2 is 1.60 bits per heavy atom. The molecule has 0 bridgehead atoms. The Kier molecular flexibility index (Phi) is 4.97. The van der Waals surface area contributed by atoms with Crippen molar-refractivity contribution in [2.75, 3.05) is 0 Å². The maximum atomic E-state index is 12.9.